The van der Waals surface area contributed by atoms with E-state index in [2.05, 4.69) is 78.4 Å². The minimum Gasteiger partial charge on any atom is -0.481 e. The van der Waals surface area contributed by atoms with Crippen molar-refractivity contribution in [3.8, 4) is 137 Å². The summed E-state index contributed by atoms with van der Waals surface area (Å²) in [7, 11) is 1.84. The first kappa shape index (κ1) is 98.4. The van der Waals surface area contributed by atoms with E-state index in [0.717, 1.165) is 59.2 Å². The fourth-order valence-electron chi connectivity index (χ4n) is 12.8. The zero-order chi connectivity index (χ0) is 90.7. The van der Waals surface area contributed by atoms with E-state index >= 15 is 0 Å². The van der Waals surface area contributed by atoms with Gasteiger partial charge in [-0.1, -0.05) is 109 Å². The van der Waals surface area contributed by atoms with Crippen LogP contribution in [0.4, 0.5) is 38.8 Å². The topological polar surface area (TPSA) is 531 Å². The van der Waals surface area contributed by atoms with Gasteiger partial charge in [0.05, 0.1) is 22.2 Å². The molecule has 0 aliphatic carbocycles. The van der Waals surface area contributed by atoms with Gasteiger partial charge in [-0.3, -0.25) is 48.9 Å². The first-order valence-corrected chi connectivity index (χ1v) is 42.9. The van der Waals surface area contributed by atoms with Gasteiger partial charge in [0.25, 0.3) is 46.7 Å². The van der Waals surface area contributed by atoms with Crippen LogP contribution in [0.25, 0.3) is 137 Å². The molecule has 8 N–H and O–H groups in total. The van der Waals surface area contributed by atoms with Crippen LogP contribution < -0.4 is 22.1 Å². The molecule has 0 saturated heterocycles. The molecule has 132 heavy (non-hydrogen) atoms. The molecule has 1 amide bonds. The average Bonchev–Trinajstić information content (AvgIpc) is 1.66. The number of halogens is 1. The van der Waals surface area contributed by atoms with Crippen LogP contribution in [0.15, 0.2) is 246 Å². The van der Waals surface area contributed by atoms with Crippen LogP contribution in [-0.4, -0.2) is 147 Å². The summed E-state index contributed by atoms with van der Waals surface area (Å²) in [5, 5.41) is 71.0. The third-order valence-electron chi connectivity index (χ3n) is 19.8. The Morgan fingerprint density at radius 1 is 0.417 bits per heavy atom. The molecule has 3 atom stereocenters. The lowest BCUT2D eigenvalue weighted by Gasteiger charge is -2.20. The van der Waals surface area contributed by atoms with E-state index in [-0.39, 0.29) is 109 Å². The van der Waals surface area contributed by atoms with E-state index in [4.69, 9.17) is 43.3 Å². The summed E-state index contributed by atoms with van der Waals surface area (Å²) in [6.45, 7) is 3.52. The molecule has 39 heteroatoms. The molecule has 3 unspecified atom stereocenters. The minimum absolute atomic E-state index is 0. The second-order valence-electron chi connectivity index (χ2n) is 29.3. The van der Waals surface area contributed by atoms with Crippen molar-refractivity contribution in [2.24, 2.45) is 11.8 Å². The third kappa shape index (κ3) is 27.4. The number of nitrogens with zero attached hydrogens (tertiary/aromatic N) is 14. The zero-order valence-corrected chi connectivity index (χ0v) is 71.6. The standard InChI is InChI=1S/C47H56N6O10S2.C22H12N6O6.C22H16N6O2.2CH4.FH/c1-4-5-6-7-8-9-10-14-42(58)61-39(28-64-26-35(30(2)54)25-41(56)57)29-65-27-36(47(59)60)24-40(55)49-38-21-17-32(18-22-38)44-51-46(63-53-44)34-13-11-12-33(23-34)45-50-43(52-62-45)31-15-19-37(48-3)20-16-31;29-27(30)17-8-4-13(5-9-17)19-23-21(33-25-19)15-2-1-3-16(12-15)22-24-20(26-34-22)14-6-10-18(11-7-14)28(31)32;23-17-8-4-13(5-9-17)19-25-21(29-27-19)15-2-1-3-16(12-15)22-26-20(28-30-22)14-6-10-18(24)11-7-14;;;/h11-13,15-23,35-36,39,48H,4-10,14,24-29H2,1-3H3,(H,49,55)(H,56,57)(H,59,60);1-12H;1-12H,23-24H2;2*1H4;1H. The molecule has 0 bridgehead atoms. The Morgan fingerprint density at radius 3 is 1.02 bits per heavy atom. The first-order chi connectivity index (χ1) is 62.5. The average molecular weight is 1830 g/mol. The fraction of sp³-hybridized carbons (Fsp3) is 0.237. The molecule has 36 nitrogen and oxygen atoms in total. The van der Waals surface area contributed by atoms with Gasteiger partial charge in [0.2, 0.25) is 40.9 Å². The number of carbonyl (C=O) groups excluding carboxylic acids is 3. The van der Waals surface area contributed by atoms with Crippen molar-refractivity contribution in [1.29, 1.82) is 0 Å². The van der Waals surface area contributed by atoms with Crippen LogP contribution in [0.2, 0.25) is 0 Å². The number of Topliss-reactive ketones (excluding diaryl/α,β-unsaturated/α-hetero) is 1. The zero-order valence-electron chi connectivity index (χ0n) is 70.0. The van der Waals surface area contributed by atoms with Gasteiger partial charge in [0, 0.05) is 163 Å². The van der Waals surface area contributed by atoms with Crippen LogP contribution >= 0.6 is 23.5 Å². The summed E-state index contributed by atoms with van der Waals surface area (Å²) in [5.74, 6) is 0.0894. The summed E-state index contributed by atoms with van der Waals surface area (Å²) >= 11 is 2.58. The van der Waals surface area contributed by atoms with E-state index in [1.807, 2.05) is 104 Å². The van der Waals surface area contributed by atoms with Crippen molar-refractivity contribution in [1.82, 2.24) is 60.8 Å². The van der Waals surface area contributed by atoms with Crippen molar-refractivity contribution in [3.63, 3.8) is 0 Å². The minimum atomic E-state index is -1.14. The molecular weight excluding hydrogens is 1740 g/mol. The fourth-order valence-corrected chi connectivity index (χ4v) is 15.3. The predicted molar refractivity (Wildman–Crippen MR) is 497 cm³/mol. The van der Waals surface area contributed by atoms with Crippen molar-refractivity contribution >= 4 is 87.2 Å². The van der Waals surface area contributed by atoms with Gasteiger partial charge in [-0.05, 0) is 189 Å². The number of hydrogen-bond donors (Lipinski definition) is 6. The Hall–Kier alpha value is -15.8. The van der Waals surface area contributed by atoms with E-state index in [0.29, 0.717) is 109 Å². The number of nitro benzene ring substituents is 2. The summed E-state index contributed by atoms with van der Waals surface area (Å²) < 4.78 is 38.5. The molecule has 0 radical (unpaired) electrons. The predicted octanol–water partition coefficient (Wildman–Crippen LogP) is 20.0. The molecule has 15 rings (SSSR count). The maximum Gasteiger partial charge on any atom is 0.307 e. The van der Waals surface area contributed by atoms with Gasteiger partial charge in [0.1, 0.15) is 11.9 Å². The van der Waals surface area contributed by atoms with E-state index in [1.165, 1.54) is 67.6 Å². The number of nitrogens with one attached hydrogen (secondary N) is 2. The number of hydrogen-bond acceptors (Lipinski definition) is 33. The van der Waals surface area contributed by atoms with E-state index < -0.39 is 45.6 Å². The maximum atomic E-state index is 13.1. The van der Waals surface area contributed by atoms with Crippen LogP contribution in [0.3, 0.4) is 0 Å². The highest BCUT2D eigenvalue weighted by Gasteiger charge is 2.27. The number of unbranched alkanes of at least 4 members (excludes halogenated alkanes) is 6. The number of rotatable bonds is 39. The largest absolute Gasteiger partial charge is 0.481 e. The van der Waals surface area contributed by atoms with Crippen molar-refractivity contribution in [2.45, 2.75) is 99.0 Å². The SMILES string of the molecule is C.C.CCCCCCCCCC(=O)OC(CSCC(CC(=O)O)C(C)=O)CSCC(CC(=O)Nc1ccc(-c2noc(-c3cccc(-c4nc(-c5ccc(NC)cc5)no4)c3)n2)cc1)C(=O)O.F.Nc1ccc(-c2noc(-c3cccc(-c4nc(-c5ccc(N)cc5)no4)c3)n2)cc1.O=[N+]([O-])c1ccc(-c2noc(-c3cccc(-c4nc(-c5ccc([N+](=O)[O-])cc5)no4)c3)n2)cc1. The number of non-ortho nitro benzene ring substituents is 2. The van der Waals surface area contributed by atoms with Crippen LogP contribution in [0.1, 0.15) is 92.9 Å². The monoisotopic (exact) mass is 1830 g/mol. The molecule has 682 valence electrons. The number of carbonyl (C=O) groups is 5. The molecule has 0 fully saturated rings. The molecule has 6 heterocycles. The molecule has 9 aromatic carbocycles. The number of aromatic nitrogens is 12. The number of nitrogens with two attached hydrogens (primary N) is 2. The molecular formula is C93H93FN18O18S2. The summed E-state index contributed by atoms with van der Waals surface area (Å²) in [5.41, 5.74) is 22.4. The highest BCUT2D eigenvalue weighted by molar-refractivity contribution is 8.00. The lowest BCUT2D eigenvalue weighted by atomic mass is 10.0. The van der Waals surface area contributed by atoms with Gasteiger partial charge in [-0.2, -0.15) is 53.4 Å². The number of esters is 1. The lowest BCUT2D eigenvalue weighted by Crippen LogP contribution is -2.27. The number of benzene rings is 9. The van der Waals surface area contributed by atoms with Crippen molar-refractivity contribution in [3.05, 3.63) is 239 Å². The number of thioether (sulfide) groups is 2. The molecule has 6 aromatic heterocycles. The lowest BCUT2D eigenvalue weighted by molar-refractivity contribution is -0.385. The Labute approximate surface area is 763 Å². The maximum absolute atomic E-state index is 13.1. The number of ketones is 1. The van der Waals surface area contributed by atoms with Gasteiger partial charge >= 0.3 is 17.9 Å². The number of ether oxygens (including phenoxy) is 1. The first-order valence-electron chi connectivity index (χ1n) is 40.6. The Balaban J connectivity index is 0.000000224. The van der Waals surface area contributed by atoms with E-state index in [1.54, 1.807) is 97.1 Å². The van der Waals surface area contributed by atoms with Gasteiger partial charge in [0.15, 0.2) is 0 Å². The molecule has 15 aromatic rings. The number of nitro groups is 2. The van der Waals surface area contributed by atoms with Crippen LogP contribution in [0, 0.1) is 32.1 Å². The van der Waals surface area contributed by atoms with Crippen LogP contribution in [0.5, 0.6) is 0 Å². The molecule has 0 saturated carbocycles. The summed E-state index contributed by atoms with van der Waals surface area (Å²) in [4.78, 5) is 109. The highest BCUT2D eigenvalue weighted by atomic mass is 32.2. The van der Waals surface area contributed by atoms with Crippen molar-refractivity contribution in [2.75, 3.05) is 52.2 Å². The molecule has 0 aliphatic heterocycles. The van der Waals surface area contributed by atoms with Gasteiger partial charge < -0.3 is 64.2 Å². The van der Waals surface area contributed by atoms with Crippen LogP contribution in [-0.2, 0) is 28.7 Å². The number of carboxylic acid groups (broad SMARTS) is 2. The number of nitrogen functional groups attached to an aromatic ring is 2. The molecule has 0 spiro atoms. The second kappa shape index (κ2) is 47.8. The van der Waals surface area contributed by atoms with Crippen molar-refractivity contribution < 1.29 is 80.6 Å². The smallest absolute Gasteiger partial charge is 0.307 e. The Morgan fingerprint density at radius 2 is 0.720 bits per heavy atom. The van der Waals surface area contributed by atoms with Gasteiger partial charge in [-0.15, -0.1) is 0 Å². The highest BCUT2D eigenvalue weighted by Crippen LogP contribution is 2.35. The van der Waals surface area contributed by atoms with E-state index in [9.17, 15) is 54.4 Å². The summed E-state index contributed by atoms with van der Waals surface area (Å²) in [6, 6.07) is 62.4. The second-order valence-corrected chi connectivity index (χ2v) is 31.4. The number of carboxylic acids is 2. The van der Waals surface area contributed by atoms with Gasteiger partial charge in [-0.25, -0.2) is 0 Å². The normalized spacial score (nSPS) is 11.4. The summed E-state index contributed by atoms with van der Waals surface area (Å²) in [6.07, 6.45) is 6.42. The number of anilines is 4. The Bertz CT molecular complexity index is 6120. The Kier molecular flexibility index (Phi) is 35.7. The molecule has 0 aliphatic rings. The quantitative estimate of drug-likeness (QED) is 0.00685. The number of amides is 1. The number of aliphatic carboxylic acids is 2. The third-order valence-corrected chi connectivity index (χ3v) is 22.3.